The molecule has 0 aromatic carbocycles. The van der Waals surface area contributed by atoms with Crippen molar-refractivity contribution in [1.82, 2.24) is 0 Å². The van der Waals surface area contributed by atoms with E-state index < -0.39 is 0 Å². The quantitative estimate of drug-likeness (QED) is 0.555. The van der Waals surface area contributed by atoms with Gasteiger partial charge in [0, 0.05) is 6.61 Å². The summed E-state index contributed by atoms with van der Waals surface area (Å²) in [7, 11) is 0. The molecular formula is C8H12O3. The SMILES string of the molecule is CC(=O)[C@H]1O[C@@H]2CCCO[C@H]12. The number of carbonyl (C=O) groups is 1. The predicted octanol–water partition coefficient (Wildman–Crippen LogP) is 0.522. The van der Waals surface area contributed by atoms with Crippen molar-refractivity contribution in [3.8, 4) is 0 Å². The van der Waals surface area contributed by atoms with E-state index in [1.54, 1.807) is 6.92 Å². The van der Waals surface area contributed by atoms with Crippen LogP contribution in [-0.2, 0) is 14.3 Å². The molecule has 0 unspecified atom stereocenters. The maximum Gasteiger partial charge on any atom is 0.161 e. The zero-order chi connectivity index (χ0) is 7.84. The molecule has 2 aliphatic rings. The topological polar surface area (TPSA) is 35.5 Å². The van der Waals surface area contributed by atoms with Crippen LogP contribution >= 0.6 is 0 Å². The number of Topliss-reactive ketones (excluding diaryl/α,β-unsaturated/α-hetero) is 1. The van der Waals surface area contributed by atoms with Crippen molar-refractivity contribution in [2.24, 2.45) is 0 Å². The van der Waals surface area contributed by atoms with Crippen molar-refractivity contribution in [3.05, 3.63) is 0 Å². The Morgan fingerprint density at radius 3 is 3.00 bits per heavy atom. The number of hydrogen-bond donors (Lipinski definition) is 0. The molecule has 0 aromatic heterocycles. The Hall–Kier alpha value is -0.410. The summed E-state index contributed by atoms with van der Waals surface area (Å²) in [4.78, 5) is 10.9. The number of rotatable bonds is 1. The molecule has 0 aromatic rings. The molecule has 2 rings (SSSR count). The molecule has 62 valence electrons. The van der Waals surface area contributed by atoms with Crippen LogP contribution in [0.15, 0.2) is 0 Å². The third-order valence-electron chi connectivity index (χ3n) is 2.33. The van der Waals surface area contributed by atoms with Gasteiger partial charge in [-0.15, -0.1) is 0 Å². The van der Waals surface area contributed by atoms with Gasteiger partial charge in [0.2, 0.25) is 0 Å². The molecule has 3 heteroatoms. The third kappa shape index (κ3) is 1.08. The van der Waals surface area contributed by atoms with Crippen LogP contribution in [0.4, 0.5) is 0 Å². The normalized spacial score (nSPS) is 42.5. The molecule has 3 atom stereocenters. The Morgan fingerprint density at radius 1 is 1.55 bits per heavy atom. The Balaban J connectivity index is 1.96. The first kappa shape index (κ1) is 7.25. The molecule has 0 N–H and O–H groups in total. The lowest BCUT2D eigenvalue weighted by Gasteiger charge is -2.45. The molecule has 3 nitrogen and oxygen atoms in total. The highest BCUT2D eigenvalue weighted by Crippen LogP contribution is 2.31. The molecule has 11 heavy (non-hydrogen) atoms. The highest BCUT2D eigenvalue weighted by molar-refractivity contribution is 5.82. The minimum Gasteiger partial charge on any atom is -0.372 e. The lowest BCUT2D eigenvalue weighted by Crippen LogP contribution is -2.60. The van der Waals surface area contributed by atoms with E-state index in [9.17, 15) is 4.79 Å². The minimum absolute atomic E-state index is 0.0706. The summed E-state index contributed by atoms with van der Waals surface area (Å²) in [6, 6.07) is 0. The van der Waals surface area contributed by atoms with E-state index in [0.717, 1.165) is 19.4 Å². The largest absolute Gasteiger partial charge is 0.372 e. The summed E-state index contributed by atoms with van der Waals surface area (Å²) in [6.45, 7) is 2.34. The molecule has 0 radical (unpaired) electrons. The van der Waals surface area contributed by atoms with Gasteiger partial charge in [-0.05, 0) is 19.8 Å². The zero-order valence-corrected chi connectivity index (χ0v) is 6.58. The van der Waals surface area contributed by atoms with Gasteiger partial charge in [-0.3, -0.25) is 4.79 Å². The fraction of sp³-hybridized carbons (Fsp3) is 0.875. The highest BCUT2D eigenvalue weighted by atomic mass is 16.6. The van der Waals surface area contributed by atoms with Gasteiger partial charge in [0.1, 0.15) is 12.2 Å². The Bertz CT molecular complexity index is 178. The average Bonchev–Trinajstić information content (AvgIpc) is 1.90. The number of carbonyl (C=O) groups excluding carboxylic acids is 1. The van der Waals surface area contributed by atoms with Gasteiger partial charge < -0.3 is 9.47 Å². The number of hydrogen-bond acceptors (Lipinski definition) is 3. The van der Waals surface area contributed by atoms with Crippen LogP contribution in [-0.4, -0.2) is 30.7 Å². The highest BCUT2D eigenvalue weighted by Gasteiger charge is 2.47. The maximum atomic E-state index is 10.9. The minimum atomic E-state index is -0.264. The summed E-state index contributed by atoms with van der Waals surface area (Å²) in [5.74, 6) is 0.0909. The molecule has 0 amide bonds. The van der Waals surface area contributed by atoms with Crippen LogP contribution < -0.4 is 0 Å². The second-order valence-electron chi connectivity index (χ2n) is 3.18. The van der Waals surface area contributed by atoms with Crippen molar-refractivity contribution < 1.29 is 14.3 Å². The standard InChI is InChI=1S/C8H12O3/c1-5(9)7-8-6(11-7)3-2-4-10-8/h6-8H,2-4H2,1H3/t6-,7-,8+/m1/s1. The van der Waals surface area contributed by atoms with Crippen molar-refractivity contribution in [2.75, 3.05) is 6.61 Å². The Morgan fingerprint density at radius 2 is 2.36 bits per heavy atom. The van der Waals surface area contributed by atoms with Crippen molar-refractivity contribution in [1.29, 1.82) is 0 Å². The summed E-state index contributed by atoms with van der Waals surface area (Å²) >= 11 is 0. The fourth-order valence-electron chi connectivity index (χ4n) is 1.71. The molecule has 2 aliphatic heterocycles. The molecule has 2 fully saturated rings. The molecule has 2 saturated heterocycles. The van der Waals surface area contributed by atoms with E-state index in [4.69, 9.17) is 9.47 Å². The fourth-order valence-corrected chi connectivity index (χ4v) is 1.71. The van der Waals surface area contributed by atoms with E-state index >= 15 is 0 Å². The first-order chi connectivity index (χ1) is 5.29. The second kappa shape index (κ2) is 2.57. The van der Waals surface area contributed by atoms with Crippen molar-refractivity contribution in [3.63, 3.8) is 0 Å². The summed E-state index contributed by atoms with van der Waals surface area (Å²) in [5.41, 5.74) is 0. The van der Waals surface area contributed by atoms with Gasteiger partial charge in [-0.2, -0.15) is 0 Å². The lowest BCUT2D eigenvalue weighted by atomic mass is 9.92. The van der Waals surface area contributed by atoms with E-state index in [1.807, 2.05) is 0 Å². The molecule has 0 aliphatic carbocycles. The summed E-state index contributed by atoms with van der Waals surface area (Å²) in [6.07, 6.45) is 2.12. The Kier molecular flexibility index (Phi) is 1.69. The van der Waals surface area contributed by atoms with Crippen LogP contribution in [0, 0.1) is 0 Å². The molecular weight excluding hydrogens is 144 g/mol. The number of ketones is 1. The first-order valence-electron chi connectivity index (χ1n) is 4.06. The van der Waals surface area contributed by atoms with Crippen LogP contribution in [0.2, 0.25) is 0 Å². The van der Waals surface area contributed by atoms with Gasteiger partial charge >= 0.3 is 0 Å². The van der Waals surface area contributed by atoms with E-state index in [-0.39, 0.29) is 24.1 Å². The second-order valence-corrected chi connectivity index (χ2v) is 3.18. The summed E-state index contributed by atoms with van der Waals surface area (Å²) in [5, 5.41) is 0. The van der Waals surface area contributed by atoms with Gasteiger partial charge in [0.05, 0.1) is 6.10 Å². The van der Waals surface area contributed by atoms with E-state index in [2.05, 4.69) is 0 Å². The third-order valence-corrected chi connectivity index (χ3v) is 2.33. The molecule has 2 heterocycles. The lowest BCUT2D eigenvalue weighted by molar-refractivity contribution is -0.252. The van der Waals surface area contributed by atoms with Gasteiger partial charge in [-0.25, -0.2) is 0 Å². The number of fused-ring (bicyclic) bond motifs is 1. The van der Waals surface area contributed by atoms with E-state index in [1.165, 1.54) is 0 Å². The van der Waals surface area contributed by atoms with Gasteiger partial charge in [0.25, 0.3) is 0 Å². The Labute approximate surface area is 65.7 Å². The van der Waals surface area contributed by atoms with E-state index in [0.29, 0.717) is 0 Å². The van der Waals surface area contributed by atoms with Gasteiger partial charge in [0.15, 0.2) is 5.78 Å². The predicted molar refractivity (Wildman–Crippen MR) is 38.3 cm³/mol. The van der Waals surface area contributed by atoms with Gasteiger partial charge in [-0.1, -0.05) is 0 Å². The molecule has 0 bridgehead atoms. The molecule has 0 saturated carbocycles. The maximum absolute atomic E-state index is 10.9. The van der Waals surface area contributed by atoms with Crippen LogP contribution in [0.5, 0.6) is 0 Å². The average molecular weight is 156 g/mol. The zero-order valence-electron chi connectivity index (χ0n) is 6.58. The first-order valence-corrected chi connectivity index (χ1v) is 4.06. The van der Waals surface area contributed by atoms with Crippen LogP contribution in [0.25, 0.3) is 0 Å². The number of ether oxygens (including phenoxy) is 2. The smallest absolute Gasteiger partial charge is 0.161 e. The van der Waals surface area contributed by atoms with Crippen molar-refractivity contribution >= 4 is 5.78 Å². The van der Waals surface area contributed by atoms with Crippen LogP contribution in [0.1, 0.15) is 19.8 Å². The van der Waals surface area contributed by atoms with Crippen molar-refractivity contribution in [2.45, 2.75) is 38.1 Å². The molecule has 0 spiro atoms. The summed E-state index contributed by atoms with van der Waals surface area (Å²) < 4.78 is 10.7. The van der Waals surface area contributed by atoms with Crippen LogP contribution in [0.3, 0.4) is 0 Å². The monoisotopic (exact) mass is 156 g/mol.